The normalized spacial score (nSPS) is 10.8. The van der Waals surface area contributed by atoms with Gasteiger partial charge in [0.15, 0.2) is 12.2 Å². The van der Waals surface area contributed by atoms with Gasteiger partial charge in [-0.25, -0.2) is 4.98 Å². The van der Waals surface area contributed by atoms with E-state index in [9.17, 15) is 0 Å². The van der Waals surface area contributed by atoms with Gasteiger partial charge in [-0.2, -0.15) is 0 Å². The van der Waals surface area contributed by atoms with Gasteiger partial charge < -0.3 is 14.9 Å². The number of oxazole rings is 1. The standard InChI is InChI=1S/C14H11ClN2O2/c15-9-2-1-3-11(6-9)18-8-14-17-12-5-4-10(16)7-13(12)19-14/h1-7H,8,16H2. The monoisotopic (exact) mass is 274 g/mol. The van der Waals surface area contributed by atoms with E-state index in [1.165, 1.54) is 0 Å². The summed E-state index contributed by atoms with van der Waals surface area (Å²) in [6.45, 7) is 0.245. The first-order chi connectivity index (χ1) is 9.20. The molecule has 0 aliphatic heterocycles. The zero-order chi connectivity index (χ0) is 13.2. The average Bonchev–Trinajstić information content (AvgIpc) is 2.78. The molecule has 0 saturated carbocycles. The molecule has 3 rings (SSSR count). The summed E-state index contributed by atoms with van der Waals surface area (Å²) in [5.74, 6) is 1.18. The van der Waals surface area contributed by atoms with Crippen LogP contribution in [0.4, 0.5) is 5.69 Å². The van der Waals surface area contributed by atoms with Crippen LogP contribution in [0.15, 0.2) is 46.9 Å². The van der Waals surface area contributed by atoms with Crippen molar-refractivity contribution in [2.24, 2.45) is 0 Å². The summed E-state index contributed by atoms with van der Waals surface area (Å²) in [6, 6.07) is 12.5. The third-order valence-electron chi connectivity index (χ3n) is 2.62. The zero-order valence-corrected chi connectivity index (χ0v) is 10.7. The Kier molecular flexibility index (Phi) is 3.01. The van der Waals surface area contributed by atoms with E-state index in [1.807, 2.05) is 18.2 Å². The number of hydrogen-bond acceptors (Lipinski definition) is 4. The van der Waals surface area contributed by atoms with Crippen molar-refractivity contribution in [2.75, 3.05) is 5.73 Å². The Bertz CT molecular complexity index is 724. The van der Waals surface area contributed by atoms with Crippen molar-refractivity contribution in [1.29, 1.82) is 0 Å². The van der Waals surface area contributed by atoms with Crippen LogP contribution in [0.2, 0.25) is 5.02 Å². The van der Waals surface area contributed by atoms with Crippen LogP contribution in [0, 0.1) is 0 Å². The molecule has 0 unspecified atom stereocenters. The molecule has 0 aliphatic rings. The third kappa shape index (κ3) is 2.63. The Balaban J connectivity index is 1.78. The number of ether oxygens (including phenoxy) is 1. The van der Waals surface area contributed by atoms with Crippen LogP contribution >= 0.6 is 11.6 Å². The molecule has 2 aromatic carbocycles. The molecule has 2 N–H and O–H groups in total. The van der Waals surface area contributed by atoms with E-state index in [0.29, 0.717) is 27.9 Å². The predicted octanol–water partition coefficient (Wildman–Crippen LogP) is 3.64. The van der Waals surface area contributed by atoms with E-state index in [-0.39, 0.29) is 6.61 Å². The Hall–Kier alpha value is -2.20. The molecule has 0 amide bonds. The average molecular weight is 275 g/mol. The van der Waals surface area contributed by atoms with E-state index in [2.05, 4.69) is 4.98 Å². The summed E-state index contributed by atoms with van der Waals surface area (Å²) in [7, 11) is 0. The fourth-order valence-electron chi connectivity index (χ4n) is 1.75. The number of nitrogen functional groups attached to an aromatic ring is 1. The summed E-state index contributed by atoms with van der Waals surface area (Å²) in [4.78, 5) is 4.31. The molecule has 0 bridgehead atoms. The van der Waals surface area contributed by atoms with Crippen molar-refractivity contribution in [3.63, 3.8) is 0 Å². The smallest absolute Gasteiger partial charge is 0.233 e. The Morgan fingerprint density at radius 2 is 2.11 bits per heavy atom. The SMILES string of the molecule is Nc1ccc2nc(COc3cccc(Cl)c3)oc2c1. The second-order valence-electron chi connectivity index (χ2n) is 4.08. The van der Waals surface area contributed by atoms with Gasteiger partial charge >= 0.3 is 0 Å². The molecule has 1 heterocycles. The van der Waals surface area contributed by atoms with E-state index < -0.39 is 0 Å². The minimum atomic E-state index is 0.245. The second-order valence-corrected chi connectivity index (χ2v) is 4.52. The molecule has 1 aromatic heterocycles. The summed E-state index contributed by atoms with van der Waals surface area (Å²) >= 11 is 5.88. The molecule has 19 heavy (non-hydrogen) atoms. The number of aromatic nitrogens is 1. The largest absolute Gasteiger partial charge is 0.484 e. The molecule has 4 nitrogen and oxygen atoms in total. The maximum Gasteiger partial charge on any atom is 0.233 e. The summed E-state index contributed by atoms with van der Waals surface area (Å²) in [5.41, 5.74) is 7.75. The van der Waals surface area contributed by atoms with Crippen LogP contribution in [-0.4, -0.2) is 4.98 Å². The van der Waals surface area contributed by atoms with Gasteiger partial charge in [0.25, 0.3) is 0 Å². The van der Waals surface area contributed by atoms with Crippen LogP contribution < -0.4 is 10.5 Å². The minimum absolute atomic E-state index is 0.245. The van der Waals surface area contributed by atoms with Crippen molar-refractivity contribution in [2.45, 2.75) is 6.61 Å². The third-order valence-corrected chi connectivity index (χ3v) is 2.85. The number of anilines is 1. The van der Waals surface area contributed by atoms with Crippen molar-refractivity contribution < 1.29 is 9.15 Å². The number of hydrogen-bond donors (Lipinski definition) is 1. The molecule has 0 fully saturated rings. The van der Waals surface area contributed by atoms with Crippen LogP contribution in [0.5, 0.6) is 5.75 Å². The number of fused-ring (bicyclic) bond motifs is 1. The molecule has 3 aromatic rings. The highest BCUT2D eigenvalue weighted by molar-refractivity contribution is 6.30. The Morgan fingerprint density at radius 1 is 1.21 bits per heavy atom. The lowest BCUT2D eigenvalue weighted by Gasteiger charge is -2.02. The highest BCUT2D eigenvalue weighted by Gasteiger charge is 2.06. The predicted molar refractivity (Wildman–Crippen MR) is 74.2 cm³/mol. The number of nitrogens with zero attached hydrogens (tertiary/aromatic N) is 1. The molecule has 0 saturated heterocycles. The lowest BCUT2D eigenvalue weighted by atomic mass is 10.3. The first-order valence-corrected chi connectivity index (χ1v) is 6.12. The van der Waals surface area contributed by atoms with E-state index >= 15 is 0 Å². The molecule has 5 heteroatoms. The van der Waals surface area contributed by atoms with Gasteiger partial charge in [0.1, 0.15) is 11.3 Å². The first-order valence-electron chi connectivity index (χ1n) is 5.74. The molecular weight excluding hydrogens is 264 g/mol. The highest BCUT2D eigenvalue weighted by atomic mass is 35.5. The van der Waals surface area contributed by atoms with Crippen molar-refractivity contribution in [3.8, 4) is 5.75 Å². The van der Waals surface area contributed by atoms with Gasteiger partial charge in [-0.15, -0.1) is 0 Å². The summed E-state index contributed by atoms with van der Waals surface area (Å²) in [6.07, 6.45) is 0. The van der Waals surface area contributed by atoms with E-state index in [4.69, 9.17) is 26.5 Å². The lowest BCUT2D eigenvalue weighted by Crippen LogP contribution is -1.95. The van der Waals surface area contributed by atoms with Crippen molar-refractivity contribution in [1.82, 2.24) is 4.98 Å². The van der Waals surface area contributed by atoms with Gasteiger partial charge in [-0.3, -0.25) is 0 Å². The van der Waals surface area contributed by atoms with Gasteiger partial charge in [-0.05, 0) is 30.3 Å². The van der Waals surface area contributed by atoms with Crippen LogP contribution in [0.1, 0.15) is 5.89 Å². The van der Waals surface area contributed by atoms with Gasteiger partial charge in [-0.1, -0.05) is 17.7 Å². The molecular formula is C14H11ClN2O2. The van der Waals surface area contributed by atoms with Gasteiger partial charge in [0.05, 0.1) is 0 Å². The molecule has 96 valence electrons. The number of rotatable bonds is 3. The molecule has 0 aliphatic carbocycles. The summed E-state index contributed by atoms with van der Waals surface area (Å²) < 4.78 is 11.1. The highest BCUT2D eigenvalue weighted by Crippen LogP contribution is 2.21. The Morgan fingerprint density at radius 3 is 2.95 bits per heavy atom. The maximum atomic E-state index is 5.88. The van der Waals surface area contributed by atoms with Crippen LogP contribution in [0.3, 0.4) is 0 Å². The quantitative estimate of drug-likeness (QED) is 0.741. The van der Waals surface area contributed by atoms with Crippen LogP contribution in [-0.2, 0) is 6.61 Å². The van der Waals surface area contributed by atoms with Crippen LogP contribution in [0.25, 0.3) is 11.1 Å². The van der Waals surface area contributed by atoms with Crippen molar-refractivity contribution in [3.05, 3.63) is 53.4 Å². The lowest BCUT2D eigenvalue weighted by molar-refractivity contribution is 0.267. The fraction of sp³-hybridized carbons (Fsp3) is 0.0714. The fourth-order valence-corrected chi connectivity index (χ4v) is 1.93. The molecule has 0 spiro atoms. The van der Waals surface area contributed by atoms with E-state index in [0.717, 1.165) is 5.52 Å². The minimum Gasteiger partial charge on any atom is -0.484 e. The first kappa shape index (κ1) is 11.9. The molecule has 0 atom stereocenters. The number of benzene rings is 2. The summed E-state index contributed by atoms with van der Waals surface area (Å²) in [5, 5.41) is 0.628. The topological polar surface area (TPSA) is 61.3 Å². The van der Waals surface area contributed by atoms with Gasteiger partial charge in [0.2, 0.25) is 5.89 Å². The number of nitrogens with two attached hydrogens (primary N) is 1. The molecule has 0 radical (unpaired) electrons. The van der Waals surface area contributed by atoms with Gasteiger partial charge in [0, 0.05) is 16.8 Å². The number of halogens is 1. The Labute approximate surface area is 114 Å². The van der Waals surface area contributed by atoms with E-state index in [1.54, 1.807) is 24.3 Å². The zero-order valence-electron chi connectivity index (χ0n) is 9.97. The maximum absolute atomic E-state index is 5.88. The van der Waals surface area contributed by atoms with Crippen molar-refractivity contribution >= 4 is 28.4 Å². The second kappa shape index (κ2) is 4.82.